The fourth-order valence-electron chi connectivity index (χ4n) is 16.2. The van der Waals surface area contributed by atoms with Gasteiger partial charge < -0.3 is 0 Å². The van der Waals surface area contributed by atoms with Crippen LogP contribution in [-0.2, 0) is 0 Å². The van der Waals surface area contributed by atoms with Gasteiger partial charge in [0.25, 0.3) is 0 Å². The van der Waals surface area contributed by atoms with Crippen LogP contribution in [0.1, 0.15) is 27.8 Å². The molecule has 0 atom stereocenters. The molecule has 0 fully saturated rings. The molecule has 0 spiro atoms. The third-order valence-corrected chi connectivity index (χ3v) is 23.0. The summed E-state index contributed by atoms with van der Waals surface area (Å²) in [4.78, 5) is 0. The average molecular weight is 1600 g/mol. The van der Waals surface area contributed by atoms with Crippen molar-refractivity contribution in [3.8, 4) is 167 Å². The van der Waals surface area contributed by atoms with E-state index in [9.17, 15) is 0 Å². The van der Waals surface area contributed by atoms with Gasteiger partial charge in [-0.25, -0.2) is 0 Å². The zero-order chi connectivity index (χ0) is 85.3. The Balaban J connectivity index is 0.000000115. The lowest BCUT2D eigenvalue weighted by Gasteiger charge is -2.16. The smallest absolute Gasteiger partial charge is 0.00992 e. The average Bonchev–Trinajstić information content (AvgIpc) is 0.763. The van der Waals surface area contributed by atoms with Crippen LogP contribution in [0, 0.1) is 34.6 Å². The molecule has 0 bridgehead atoms. The molecule has 0 N–H and O–H groups in total. The molecule has 0 saturated carbocycles. The van der Waals surface area contributed by atoms with E-state index < -0.39 is 0 Å². The number of hydrogen-bond acceptors (Lipinski definition) is 0. The zero-order valence-corrected chi connectivity index (χ0v) is 71.6. The standard InChI is InChI=1S/5C25H20/c1-19-24(21-13-7-3-8-14-21)17-23(20-11-5-2-6-12-20)18-25(19)22-15-9-4-10-16-22;1-19-12-14-22(15-13-19)25-17-23(20-8-4-2-5-9-20)16-24(18-25)21-10-6-3-7-11-21;1-19-12-14-20(15-13-19)23-16-17-24(21-8-4-2-5-9-21)25(18-23)22-10-6-3-7-11-22;1-19-12-14-22(15-13-19)24-17-16-23(20-8-4-2-5-9-20)18-25(24)21-10-6-3-7-11-21;1-19-10-5-6-15-23(19)21-13-9-14-22(18-21)25-17-8-7-16-24(25)20-11-3-2-4-12-20/h5*2-18H,1H3. The van der Waals surface area contributed by atoms with Crippen LogP contribution in [0.4, 0.5) is 0 Å². The van der Waals surface area contributed by atoms with Gasteiger partial charge in [-0.1, -0.05) is 484 Å². The minimum Gasteiger partial charge on any atom is -0.0622 e. The van der Waals surface area contributed by atoms with Crippen LogP contribution < -0.4 is 0 Å². The summed E-state index contributed by atoms with van der Waals surface area (Å²) in [5.74, 6) is 0. The van der Waals surface area contributed by atoms with E-state index in [1.165, 1.54) is 195 Å². The van der Waals surface area contributed by atoms with Gasteiger partial charge in [-0.2, -0.15) is 0 Å². The molecule has 0 aliphatic rings. The summed E-state index contributed by atoms with van der Waals surface area (Å²) in [6.45, 7) is 10.8. The van der Waals surface area contributed by atoms with Gasteiger partial charge in [0, 0.05) is 0 Å². The van der Waals surface area contributed by atoms with Gasteiger partial charge in [-0.15, -0.1) is 0 Å². The Morgan fingerprint density at radius 2 is 0.280 bits per heavy atom. The minimum atomic E-state index is 1.24. The lowest BCUT2D eigenvalue weighted by Crippen LogP contribution is -1.91. The Morgan fingerprint density at radius 1 is 0.0960 bits per heavy atom. The molecule has 0 amide bonds. The van der Waals surface area contributed by atoms with E-state index in [0.717, 1.165) is 0 Å². The van der Waals surface area contributed by atoms with E-state index in [4.69, 9.17) is 0 Å². The van der Waals surface area contributed by atoms with Crippen LogP contribution >= 0.6 is 0 Å². The molecule has 0 aliphatic carbocycles. The highest BCUT2D eigenvalue weighted by Gasteiger charge is 2.17. The van der Waals surface area contributed by atoms with E-state index in [0.29, 0.717) is 0 Å². The van der Waals surface area contributed by atoms with E-state index >= 15 is 0 Å². The minimum absolute atomic E-state index is 1.24. The van der Waals surface area contributed by atoms with Crippen LogP contribution in [0.3, 0.4) is 0 Å². The molecular formula is C125H100. The van der Waals surface area contributed by atoms with Crippen molar-refractivity contribution in [1.82, 2.24) is 0 Å². The summed E-state index contributed by atoms with van der Waals surface area (Å²) in [6, 6.07) is 183. The molecule has 0 radical (unpaired) electrons. The van der Waals surface area contributed by atoms with Crippen LogP contribution in [0.5, 0.6) is 0 Å². The Hall–Kier alpha value is -15.6. The van der Waals surface area contributed by atoms with Gasteiger partial charge in [0.15, 0.2) is 0 Å². The Morgan fingerprint density at radius 3 is 0.608 bits per heavy atom. The van der Waals surface area contributed by atoms with Crippen molar-refractivity contribution in [1.29, 1.82) is 0 Å². The van der Waals surface area contributed by atoms with Crippen molar-refractivity contribution >= 4 is 0 Å². The number of aryl methyl sites for hydroxylation is 4. The highest BCUT2D eigenvalue weighted by Crippen LogP contribution is 2.42. The molecule has 0 aliphatic heterocycles. The Labute approximate surface area is 739 Å². The Bertz CT molecular complexity index is 6690. The van der Waals surface area contributed by atoms with E-state index in [2.05, 4.69) is 550 Å². The summed E-state index contributed by atoms with van der Waals surface area (Å²) in [7, 11) is 0. The van der Waals surface area contributed by atoms with Gasteiger partial charge in [0.1, 0.15) is 0 Å². The van der Waals surface area contributed by atoms with Crippen molar-refractivity contribution in [3.63, 3.8) is 0 Å². The maximum absolute atomic E-state index is 2.31. The van der Waals surface area contributed by atoms with Gasteiger partial charge in [-0.3, -0.25) is 0 Å². The number of hydrogen-bond donors (Lipinski definition) is 0. The highest BCUT2D eigenvalue weighted by atomic mass is 14.2. The summed E-state index contributed by atoms with van der Waals surface area (Å²) < 4.78 is 0. The third kappa shape index (κ3) is 21.2. The number of rotatable bonds is 15. The lowest BCUT2D eigenvalue weighted by molar-refractivity contribution is 1.44. The van der Waals surface area contributed by atoms with Crippen molar-refractivity contribution < 1.29 is 0 Å². The summed E-state index contributed by atoms with van der Waals surface area (Å²) in [6.07, 6.45) is 0. The summed E-state index contributed by atoms with van der Waals surface area (Å²) in [5, 5.41) is 0. The van der Waals surface area contributed by atoms with E-state index in [-0.39, 0.29) is 0 Å². The van der Waals surface area contributed by atoms with Crippen molar-refractivity contribution in [2.45, 2.75) is 34.6 Å². The molecule has 0 heteroatoms. The third-order valence-electron chi connectivity index (χ3n) is 23.0. The van der Waals surface area contributed by atoms with Crippen molar-refractivity contribution in [3.05, 3.63) is 543 Å². The van der Waals surface area contributed by atoms with Crippen LogP contribution in [-0.4, -0.2) is 0 Å². The topological polar surface area (TPSA) is 0 Å². The molecule has 0 aromatic heterocycles. The molecule has 125 heavy (non-hydrogen) atoms. The maximum Gasteiger partial charge on any atom is -0.00992 e. The van der Waals surface area contributed by atoms with Gasteiger partial charge in [0.2, 0.25) is 0 Å². The lowest BCUT2D eigenvalue weighted by atomic mass is 9.88. The molecule has 0 heterocycles. The van der Waals surface area contributed by atoms with Crippen molar-refractivity contribution in [2.75, 3.05) is 0 Å². The molecule has 0 unspecified atom stereocenters. The van der Waals surface area contributed by atoms with E-state index in [1.54, 1.807) is 0 Å². The molecular weight excluding hydrogens is 1500 g/mol. The van der Waals surface area contributed by atoms with Crippen LogP contribution in [0.25, 0.3) is 167 Å². The first-order chi connectivity index (χ1) is 61.6. The van der Waals surface area contributed by atoms with Crippen LogP contribution in [0.2, 0.25) is 0 Å². The number of benzene rings is 20. The maximum atomic E-state index is 2.31. The van der Waals surface area contributed by atoms with Crippen molar-refractivity contribution in [2.24, 2.45) is 0 Å². The second-order valence-corrected chi connectivity index (χ2v) is 31.7. The van der Waals surface area contributed by atoms with E-state index in [1.807, 2.05) is 0 Å². The SMILES string of the molecule is Cc1c(-c2ccccc2)cc(-c2ccccc2)cc1-c1ccccc1.Cc1ccc(-c2cc(-c3ccccc3)cc(-c3ccccc3)c2)cc1.Cc1ccc(-c2ccc(-c3ccccc3)c(-c3ccccc3)c2)cc1.Cc1ccc(-c2ccc(-c3ccccc3)cc2-c2ccccc2)cc1.Cc1ccccc1-c1cccc(-c2ccccc2-c2ccccc2)c1. The summed E-state index contributed by atoms with van der Waals surface area (Å²) in [5.41, 5.74) is 44.2. The first-order valence-corrected chi connectivity index (χ1v) is 43.2. The van der Waals surface area contributed by atoms with Gasteiger partial charge in [0.05, 0.1) is 0 Å². The monoisotopic (exact) mass is 1600 g/mol. The predicted molar refractivity (Wildman–Crippen MR) is 537 cm³/mol. The first kappa shape index (κ1) is 83.1. The second-order valence-electron chi connectivity index (χ2n) is 31.7. The normalized spacial score (nSPS) is 10.6. The molecule has 600 valence electrons. The summed E-state index contributed by atoms with van der Waals surface area (Å²) >= 11 is 0. The molecule has 0 saturated heterocycles. The zero-order valence-electron chi connectivity index (χ0n) is 71.6. The molecule has 0 nitrogen and oxygen atoms in total. The Kier molecular flexibility index (Phi) is 27.3. The largest absolute Gasteiger partial charge is 0.0622 e. The van der Waals surface area contributed by atoms with Gasteiger partial charge >= 0.3 is 0 Å². The van der Waals surface area contributed by atoms with Gasteiger partial charge in [-0.05, 0) is 261 Å². The first-order valence-electron chi connectivity index (χ1n) is 43.2. The van der Waals surface area contributed by atoms with Crippen LogP contribution in [0.15, 0.2) is 516 Å². The second kappa shape index (κ2) is 41.1. The molecule has 20 rings (SSSR count). The fraction of sp³-hybridized carbons (Fsp3) is 0.0400. The fourth-order valence-corrected chi connectivity index (χ4v) is 16.2. The molecule has 20 aromatic carbocycles. The highest BCUT2D eigenvalue weighted by molar-refractivity contribution is 5.91. The molecule has 20 aromatic rings. The quantitative estimate of drug-likeness (QED) is 0.0960. The predicted octanol–water partition coefficient (Wildman–Crippen LogP) is 35.0.